The van der Waals surface area contributed by atoms with Crippen molar-refractivity contribution in [3.05, 3.63) is 28.8 Å². The lowest BCUT2D eigenvalue weighted by Crippen LogP contribution is -2.45. The molecule has 19 heavy (non-hydrogen) atoms. The number of rotatable bonds is 5. The minimum Gasteiger partial charge on any atom is -0.481 e. The molecule has 0 saturated carbocycles. The lowest BCUT2D eigenvalue weighted by atomic mass is 10.2. The lowest BCUT2D eigenvalue weighted by molar-refractivity contribution is -0.138. The average Bonchev–Trinajstić information content (AvgIpc) is 2.40. The van der Waals surface area contributed by atoms with E-state index in [-0.39, 0.29) is 11.9 Å². The van der Waals surface area contributed by atoms with E-state index in [1.54, 1.807) is 31.0 Å². The number of amides is 1. The highest BCUT2D eigenvalue weighted by Gasteiger charge is 2.22. The number of ether oxygens (including phenoxy) is 1. The minimum atomic E-state index is -0.556. The molecule has 2 unspecified atom stereocenters. The lowest BCUT2D eigenvalue weighted by Gasteiger charge is -2.27. The molecule has 0 spiro atoms. The summed E-state index contributed by atoms with van der Waals surface area (Å²) in [6.45, 7) is 5.95. The van der Waals surface area contributed by atoms with E-state index in [1.807, 2.05) is 19.9 Å². The average molecular weight is 285 g/mol. The van der Waals surface area contributed by atoms with Gasteiger partial charge >= 0.3 is 0 Å². The number of nitrogens with two attached hydrogens (primary N) is 1. The van der Waals surface area contributed by atoms with E-state index in [0.29, 0.717) is 17.3 Å². The van der Waals surface area contributed by atoms with Gasteiger partial charge in [0.25, 0.3) is 5.91 Å². The highest BCUT2D eigenvalue weighted by molar-refractivity contribution is 6.31. The van der Waals surface area contributed by atoms with Crippen LogP contribution in [0.2, 0.25) is 5.02 Å². The summed E-state index contributed by atoms with van der Waals surface area (Å²) in [5.74, 6) is 0.544. The molecule has 1 aromatic rings. The van der Waals surface area contributed by atoms with Crippen LogP contribution in [0.15, 0.2) is 18.2 Å². The Bertz CT molecular complexity index is 451. The van der Waals surface area contributed by atoms with Gasteiger partial charge in [0.15, 0.2) is 6.10 Å². The molecule has 1 aromatic carbocycles. The molecule has 0 aromatic heterocycles. The second kappa shape index (κ2) is 6.78. The van der Waals surface area contributed by atoms with Gasteiger partial charge in [0.05, 0.1) is 0 Å². The van der Waals surface area contributed by atoms with Gasteiger partial charge < -0.3 is 15.4 Å². The van der Waals surface area contributed by atoms with Gasteiger partial charge in [0.2, 0.25) is 0 Å². The first-order valence-corrected chi connectivity index (χ1v) is 6.64. The standard InChI is InChI=1S/C14H21ClN2O2/c1-9-7-12(5-6-13(9)15)19-11(3)14(18)17(4)10(2)8-16/h5-7,10-11H,8,16H2,1-4H3. The van der Waals surface area contributed by atoms with Crippen molar-refractivity contribution in [3.8, 4) is 5.75 Å². The van der Waals surface area contributed by atoms with Crippen molar-refractivity contribution in [1.29, 1.82) is 0 Å². The van der Waals surface area contributed by atoms with Gasteiger partial charge in [-0.2, -0.15) is 0 Å². The number of halogens is 1. The van der Waals surface area contributed by atoms with Gasteiger partial charge in [-0.3, -0.25) is 4.79 Å². The number of benzene rings is 1. The van der Waals surface area contributed by atoms with Crippen molar-refractivity contribution in [2.45, 2.75) is 32.9 Å². The largest absolute Gasteiger partial charge is 0.481 e. The van der Waals surface area contributed by atoms with E-state index >= 15 is 0 Å². The molecular weight excluding hydrogens is 264 g/mol. The number of likely N-dealkylation sites (N-methyl/N-ethyl adjacent to an activating group) is 1. The zero-order valence-electron chi connectivity index (χ0n) is 11.8. The molecule has 106 valence electrons. The molecule has 0 aliphatic heterocycles. The van der Waals surface area contributed by atoms with Crippen molar-refractivity contribution in [2.75, 3.05) is 13.6 Å². The molecule has 0 aliphatic carbocycles. The topological polar surface area (TPSA) is 55.6 Å². The summed E-state index contributed by atoms with van der Waals surface area (Å²) >= 11 is 5.95. The maximum absolute atomic E-state index is 12.1. The Labute approximate surface area is 119 Å². The van der Waals surface area contributed by atoms with Gasteiger partial charge in [-0.25, -0.2) is 0 Å². The van der Waals surface area contributed by atoms with Crippen molar-refractivity contribution < 1.29 is 9.53 Å². The van der Waals surface area contributed by atoms with E-state index in [4.69, 9.17) is 22.1 Å². The predicted octanol–water partition coefficient (Wildman–Crippen LogP) is 2.22. The number of hydrogen-bond acceptors (Lipinski definition) is 3. The van der Waals surface area contributed by atoms with Gasteiger partial charge in [-0.05, 0) is 44.5 Å². The van der Waals surface area contributed by atoms with Crippen molar-refractivity contribution in [3.63, 3.8) is 0 Å². The minimum absolute atomic E-state index is 0.00879. The van der Waals surface area contributed by atoms with Crippen LogP contribution in [0.1, 0.15) is 19.4 Å². The van der Waals surface area contributed by atoms with Crippen LogP contribution in [-0.2, 0) is 4.79 Å². The summed E-state index contributed by atoms with van der Waals surface area (Å²) < 4.78 is 5.64. The fourth-order valence-corrected chi connectivity index (χ4v) is 1.72. The SMILES string of the molecule is Cc1cc(OC(C)C(=O)N(C)C(C)CN)ccc1Cl. The zero-order chi connectivity index (χ0) is 14.6. The predicted molar refractivity (Wildman–Crippen MR) is 77.6 cm³/mol. The molecular formula is C14H21ClN2O2. The first kappa shape index (κ1) is 15.8. The smallest absolute Gasteiger partial charge is 0.263 e. The summed E-state index contributed by atoms with van der Waals surface area (Å²) in [4.78, 5) is 13.7. The van der Waals surface area contributed by atoms with Gasteiger partial charge in [-0.15, -0.1) is 0 Å². The second-order valence-electron chi connectivity index (χ2n) is 4.70. The molecule has 0 saturated heterocycles. The summed E-state index contributed by atoms with van der Waals surface area (Å²) in [6, 6.07) is 5.32. The number of carbonyl (C=O) groups is 1. The molecule has 2 atom stereocenters. The van der Waals surface area contributed by atoms with Gasteiger partial charge in [0.1, 0.15) is 5.75 Å². The normalized spacial score (nSPS) is 13.8. The van der Waals surface area contributed by atoms with Crippen LogP contribution in [0.3, 0.4) is 0 Å². The maximum atomic E-state index is 12.1. The Balaban J connectivity index is 2.70. The van der Waals surface area contributed by atoms with Gasteiger partial charge in [0, 0.05) is 24.7 Å². The molecule has 0 bridgehead atoms. The molecule has 2 N–H and O–H groups in total. The molecule has 4 nitrogen and oxygen atoms in total. The molecule has 0 aliphatic rings. The first-order valence-electron chi connectivity index (χ1n) is 6.26. The summed E-state index contributed by atoms with van der Waals surface area (Å²) in [5, 5.41) is 0.681. The Morgan fingerprint density at radius 1 is 1.47 bits per heavy atom. The van der Waals surface area contributed by atoms with Crippen LogP contribution in [0, 0.1) is 6.92 Å². The van der Waals surface area contributed by atoms with Crippen molar-refractivity contribution >= 4 is 17.5 Å². The van der Waals surface area contributed by atoms with Crippen LogP contribution >= 0.6 is 11.6 Å². The molecule has 0 heterocycles. The van der Waals surface area contributed by atoms with Gasteiger partial charge in [-0.1, -0.05) is 11.6 Å². The highest BCUT2D eigenvalue weighted by Crippen LogP contribution is 2.22. The van der Waals surface area contributed by atoms with E-state index in [9.17, 15) is 4.79 Å². The molecule has 0 radical (unpaired) electrons. The third kappa shape index (κ3) is 4.11. The molecule has 1 rings (SSSR count). The first-order chi connectivity index (χ1) is 8.86. The maximum Gasteiger partial charge on any atom is 0.263 e. The third-order valence-corrected chi connectivity index (χ3v) is 3.56. The second-order valence-corrected chi connectivity index (χ2v) is 5.11. The number of hydrogen-bond donors (Lipinski definition) is 1. The van der Waals surface area contributed by atoms with Crippen LogP contribution in [0.4, 0.5) is 0 Å². The van der Waals surface area contributed by atoms with Crippen molar-refractivity contribution in [1.82, 2.24) is 4.90 Å². The fraction of sp³-hybridized carbons (Fsp3) is 0.500. The summed E-state index contributed by atoms with van der Waals surface area (Å²) in [5.41, 5.74) is 6.47. The summed E-state index contributed by atoms with van der Waals surface area (Å²) in [7, 11) is 1.73. The number of nitrogens with zero attached hydrogens (tertiary/aromatic N) is 1. The Morgan fingerprint density at radius 3 is 2.63 bits per heavy atom. The Hall–Kier alpha value is -1.26. The zero-order valence-corrected chi connectivity index (χ0v) is 12.6. The monoisotopic (exact) mass is 284 g/mol. The van der Waals surface area contributed by atoms with Crippen LogP contribution in [0.5, 0.6) is 5.75 Å². The Morgan fingerprint density at radius 2 is 2.11 bits per heavy atom. The summed E-state index contributed by atoms with van der Waals surface area (Å²) in [6.07, 6.45) is -0.556. The van der Waals surface area contributed by atoms with E-state index in [1.165, 1.54) is 0 Å². The third-order valence-electron chi connectivity index (χ3n) is 3.14. The quantitative estimate of drug-likeness (QED) is 0.902. The molecule has 1 amide bonds. The molecule has 5 heteroatoms. The number of aryl methyl sites for hydroxylation is 1. The van der Waals surface area contributed by atoms with Crippen molar-refractivity contribution in [2.24, 2.45) is 5.73 Å². The van der Waals surface area contributed by atoms with Crippen LogP contribution in [0.25, 0.3) is 0 Å². The fourth-order valence-electron chi connectivity index (χ4n) is 1.61. The van der Waals surface area contributed by atoms with E-state index in [0.717, 1.165) is 5.56 Å². The Kier molecular flexibility index (Phi) is 5.63. The van der Waals surface area contributed by atoms with E-state index in [2.05, 4.69) is 0 Å². The molecule has 0 fully saturated rings. The van der Waals surface area contributed by atoms with E-state index < -0.39 is 6.10 Å². The van der Waals surface area contributed by atoms with Crippen LogP contribution < -0.4 is 10.5 Å². The highest BCUT2D eigenvalue weighted by atomic mass is 35.5. The number of carbonyl (C=O) groups excluding carboxylic acids is 1. The van der Waals surface area contributed by atoms with Crippen LogP contribution in [-0.4, -0.2) is 36.5 Å².